The van der Waals surface area contributed by atoms with Crippen molar-refractivity contribution in [3.8, 4) is 0 Å². The highest BCUT2D eigenvalue weighted by atomic mass is 15.3. The third-order valence-electron chi connectivity index (χ3n) is 5.22. The Balaban J connectivity index is 1.59. The lowest BCUT2D eigenvalue weighted by Gasteiger charge is -2.43. The summed E-state index contributed by atoms with van der Waals surface area (Å²) in [6, 6.07) is 7.64. The zero-order valence-corrected chi connectivity index (χ0v) is 13.8. The Morgan fingerprint density at radius 3 is 2.24 bits per heavy atom. The van der Waals surface area contributed by atoms with Gasteiger partial charge in [-0.1, -0.05) is 12.1 Å². The highest BCUT2D eigenvalue weighted by Gasteiger charge is 2.26. The van der Waals surface area contributed by atoms with E-state index in [0.29, 0.717) is 0 Å². The molecule has 1 aromatic rings. The second-order valence-corrected chi connectivity index (χ2v) is 6.85. The second-order valence-electron chi connectivity index (χ2n) is 6.85. The molecule has 0 saturated carbocycles. The molecule has 0 aliphatic carbocycles. The van der Waals surface area contributed by atoms with Crippen molar-refractivity contribution in [2.24, 2.45) is 0 Å². The summed E-state index contributed by atoms with van der Waals surface area (Å²) in [5, 5.41) is 0. The quantitative estimate of drug-likeness (QED) is 0.827. The van der Waals surface area contributed by atoms with Crippen molar-refractivity contribution in [1.82, 2.24) is 9.80 Å². The minimum absolute atomic E-state index is 0.821. The number of aryl methyl sites for hydroxylation is 2. The monoisotopic (exact) mass is 287 g/mol. The summed E-state index contributed by atoms with van der Waals surface area (Å²) in [6.07, 6.45) is 2.69. The van der Waals surface area contributed by atoms with Crippen LogP contribution in [0.2, 0.25) is 0 Å². The zero-order valence-electron chi connectivity index (χ0n) is 13.8. The van der Waals surface area contributed by atoms with Gasteiger partial charge in [-0.05, 0) is 64.0 Å². The topological polar surface area (TPSA) is 9.72 Å². The van der Waals surface area contributed by atoms with Gasteiger partial charge in [-0.2, -0.15) is 0 Å². The van der Waals surface area contributed by atoms with Gasteiger partial charge in [0.25, 0.3) is 0 Å². The van der Waals surface area contributed by atoms with Crippen LogP contribution in [0, 0.1) is 13.8 Å². The lowest BCUT2D eigenvalue weighted by atomic mass is 10.0. The van der Waals surface area contributed by atoms with Crippen LogP contribution in [0.5, 0.6) is 0 Å². The Kier molecular flexibility index (Phi) is 4.51. The normalized spacial score (nSPS) is 22.7. The Bertz CT molecular complexity index is 469. The third-order valence-corrected chi connectivity index (χ3v) is 5.22. The molecule has 2 aliphatic heterocycles. The van der Waals surface area contributed by atoms with Crippen molar-refractivity contribution >= 4 is 5.69 Å². The summed E-state index contributed by atoms with van der Waals surface area (Å²) >= 11 is 0. The fraction of sp³-hybridized carbons (Fsp3) is 0.667. The van der Waals surface area contributed by atoms with E-state index >= 15 is 0 Å². The molecule has 3 heteroatoms. The largest absolute Gasteiger partial charge is 0.369 e. The predicted molar refractivity (Wildman–Crippen MR) is 90.2 cm³/mol. The summed E-state index contributed by atoms with van der Waals surface area (Å²) < 4.78 is 0. The van der Waals surface area contributed by atoms with Gasteiger partial charge in [0.2, 0.25) is 0 Å². The van der Waals surface area contributed by atoms with E-state index < -0.39 is 0 Å². The highest BCUT2D eigenvalue weighted by molar-refractivity contribution is 5.55. The molecule has 0 N–H and O–H groups in total. The molecule has 3 rings (SSSR count). The van der Waals surface area contributed by atoms with Crippen molar-refractivity contribution in [2.45, 2.75) is 32.7 Å². The maximum absolute atomic E-state index is 2.73. The standard InChI is InChI=1S/C18H29N3/c1-15-4-5-16(2)18(14-15)21-12-10-20(11-13-21)17-6-8-19(3)9-7-17/h4-5,14,17H,6-13H2,1-3H3. The van der Waals surface area contributed by atoms with Crippen LogP contribution in [0.3, 0.4) is 0 Å². The van der Waals surface area contributed by atoms with Crippen LogP contribution in [0.25, 0.3) is 0 Å². The fourth-order valence-corrected chi connectivity index (χ4v) is 3.75. The first-order valence-corrected chi connectivity index (χ1v) is 8.38. The first-order chi connectivity index (χ1) is 10.1. The van der Waals surface area contributed by atoms with Crippen LogP contribution in [-0.2, 0) is 0 Å². The molecule has 0 spiro atoms. The maximum Gasteiger partial charge on any atom is 0.0399 e. The lowest BCUT2D eigenvalue weighted by Crippen LogP contribution is -2.53. The molecular weight excluding hydrogens is 258 g/mol. The van der Waals surface area contributed by atoms with Crippen LogP contribution >= 0.6 is 0 Å². The van der Waals surface area contributed by atoms with Crippen molar-refractivity contribution in [2.75, 3.05) is 51.2 Å². The molecule has 2 heterocycles. The molecule has 0 amide bonds. The van der Waals surface area contributed by atoms with Gasteiger partial charge < -0.3 is 9.80 Å². The van der Waals surface area contributed by atoms with Crippen LogP contribution < -0.4 is 4.90 Å². The first kappa shape index (κ1) is 14.9. The van der Waals surface area contributed by atoms with Crippen molar-refractivity contribution in [3.05, 3.63) is 29.3 Å². The summed E-state index contributed by atoms with van der Waals surface area (Å²) in [6.45, 7) is 11.8. The van der Waals surface area contributed by atoms with Crippen LogP contribution in [0.1, 0.15) is 24.0 Å². The predicted octanol–water partition coefficient (Wildman–Crippen LogP) is 2.52. The van der Waals surface area contributed by atoms with Gasteiger partial charge in [0.05, 0.1) is 0 Å². The zero-order chi connectivity index (χ0) is 14.8. The van der Waals surface area contributed by atoms with Gasteiger partial charge in [0, 0.05) is 37.9 Å². The van der Waals surface area contributed by atoms with E-state index in [9.17, 15) is 0 Å². The Morgan fingerprint density at radius 1 is 0.905 bits per heavy atom. The molecule has 0 bridgehead atoms. The van der Waals surface area contributed by atoms with Gasteiger partial charge >= 0.3 is 0 Å². The Hall–Kier alpha value is -1.06. The molecule has 1 aromatic carbocycles. The number of anilines is 1. The molecule has 0 aromatic heterocycles. The highest BCUT2D eigenvalue weighted by Crippen LogP contribution is 2.24. The average Bonchev–Trinajstić information content (AvgIpc) is 2.51. The fourth-order valence-electron chi connectivity index (χ4n) is 3.75. The van der Waals surface area contributed by atoms with Crippen molar-refractivity contribution in [3.63, 3.8) is 0 Å². The number of nitrogens with zero attached hydrogens (tertiary/aromatic N) is 3. The number of piperidine rings is 1. The van der Waals surface area contributed by atoms with Crippen LogP contribution in [0.15, 0.2) is 18.2 Å². The number of hydrogen-bond acceptors (Lipinski definition) is 3. The Morgan fingerprint density at radius 2 is 1.57 bits per heavy atom. The third kappa shape index (κ3) is 3.41. The molecule has 2 fully saturated rings. The number of rotatable bonds is 2. The maximum atomic E-state index is 2.73. The van der Waals surface area contributed by atoms with Gasteiger partial charge in [-0.3, -0.25) is 4.90 Å². The minimum Gasteiger partial charge on any atom is -0.369 e. The van der Waals surface area contributed by atoms with Crippen LogP contribution in [0.4, 0.5) is 5.69 Å². The molecule has 21 heavy (non-hydrogen) atoms. The summed E-state index contributed by atoms with van der Waals surface area (Å²) in [4.78, 5) is 7.77. The molecule has 116 valence electrons. The summed E-state index contributed by atoms with van der Waals surface area (Å²) in [5.74, 6) is 0. The molecular formula is C18H29N3. The summed E-state index contributed by atoms with van der Waals surface area (Å²) in [7, 11) is 2.24. The molecule has 2 saturated heterocycles. The van der Waals surface area contributed by atoms with Crippen LogP contribution in [-0.4, -0.2) is 62.2 Å². The second kappa shape index (κ2) is 6.37. The molecule has 0 atom stereocenters. The lowest BCUT2D eigenvalue weighted by molar-refractivity contribution is 0.115. The molecule has 3 nitrogen and oxygen atoms in total. The summed E-state index contributed by atoms with van der Waals surface area (Å²) in [5.41, 5.74) is 4.22. The van der Waals surface area contributed by atoms with E-state index in [0.717, 1.165) is 6.04 Å². The number of piperazine rings is 1. The van der Waals surface area contributed by atoms with Gasteiger partial charge in [-0.25, -0.2) is 0 Å². The van der Waals surface area contributed by atoms with E-state index in [1.54, 1.807) is 0 Å². The van der Waals surface area contributed by atoms with E-state index in [1.807, 2.05) is 0 Å². The molecule has 2 aliphatic rings. The number of hydrogen-bond donors (Lipinski definition) is 0. The average molecular weight is 287 g/mol. The Labute approximate surface area is 129 Å². The first-order valence-electron chi connectivity index (χ1n) is 8.38. The van der Waals surface area contributed by atoms with Crippen molar-refractivity contribution in [1.29, 1.82) is 0 Å². The minimum atomic E-state index is 0.821. The molecule has 0 unspecified atom stereocenters. The van der Waals surface area contributed by atoms with Gasteiger partial charge in [0.1, 0.15) is 0 Å². The number of benzene rings is 1. The van der Waals surface area contributed by atoms with Crippen molar-refractivity contribution < 1.29 is 0 Å². The van der Waals surface area contributed by atoms with E-state index in [-0.39, 0.29) is 0 Å². The smallest absolute Gasteiger partial charge is 0.0399 e. The SMILES string of the molecule is Cc1ccc(C)c(N2CCN(C3CCN(C)CC3)CC2)c1. The van der Waals surface area contributed by atoms with Gasteiger partial charge in [-0.15, -0.1) is 0 Å². The number of likely N-dealkylation sites (tertiary alicyclic amines) is 1. The van der Waals surface area contributed by atoms with Gasteiger partial charge in [0.15, 0.2) is 0 Å². The van der Waals surface area contributed by atoms with E-state index in [2.05, 4.69) is 53.8 Å². The van der Waals surface area contributed by atoms with E-state index in [4.69, 9.17) is 0 Å². The van der Waals surface area contributed by atoms with E-state index in [1.165, 1.54) is 68.9 Å². The molecule has 0 radical (unpaired) electrons.